The van der Waals surface area contributed by atoms with Crippen LogP contribution in [0.3, 0.4) is 0 Å². The van der Waals surface area contributed by atoms with Crippen LogP contribution >= 0.6 is 0 Å². The molecule has 0 aliphatic heterocycles. The Morgan fingerprint density at radius 2 is 2.09 bits per heavy atom. The van der Waals surface area contributed by atoms with Gasteiger partial charge in [0.1, 0.15) is 17.9 Å². The van der Waals surface area contributed by atoms with Gasteiger partial charge in [-0.15, -0.1) is 0 Å². The molecule has 0 saturated carbocycles. The molecule has 7 heteroatoms. The first-order valence-electron chi connectivity index (χ1n) is 7.05. The van der Waals surface area contributed by atoms with Crippen LogP contribution in [-0.4, -0.2) is 34.9 Å². The minimum absolute atomic E-state index is 0.563. The van der Waals surface area contributed by atoms with Gasteiger partial charge < -0.3 is 15.4 Å². The Labute approximate surface area is 130 Å². The molecule has 0 aliphatic carbocycles. The summed E-state index contributed by atoms with van der Waals surface area (Å²) in [5, 5.41) is 10.5. The Hall–Kier alpha value is -2.57. The second kappa shape index (κ2) is 7.44. The molecular weight excluding hydrogens is 280 g/mol. The van der Waals surface area contributed by atoms with Crippen molar-refractivity contribution in [3.63, 3.8) is 0 Å². The van der Waals surface area contributed by atoms with Crippen molar-refractivity contribution in [2.45, 2.75) is 20.0 Å². The molecule has 0 spiro atoms. The Morgan fingerprint density at radius 3 is 2.73 bits per heavy atom. The van der Waals surface area contributed by atoms with Gasteiger partial charge in [-0.3, -0.25) is 9.67 Å². The topological polar surface area (TPSA) is 76.4 Å². The highest BCUT2D eigenvalue weighted by atomic mass is 16.5. The lowest BCUT2D eigenvalue weighted by Gasteiger charge is -2.12. The van der Waals surface area contributed by atoms with Crippen molar-refractivity contribution in [1.82, 2.24) is 25.4 Å². The highest BCUT2D eigenvalue weighted by Gasteiger charge is 2.04. The molecule has 1 heterocycles. The van der Waals surface area contributed by atoms with E-state index in [2.05, 4.69) is 31.8 Å². The third-order valence-electron chi connectivity index (χ3n) is 3.38. The number of methoxy groups -OCH3 is 1. The minimum Gasteiger partial charge on any atom is -0.496 e. The average molecular weight is 302 g/mol. The number of aliphatic imine (C=N–C) groups is 1. The molecule has 0 radical (unpaired) electrons. The third-order valence-corrected chi connectivity index (χ3v) is 3.38. The summed E-state index contributed by atoms with van der Waals surface area (Å²) >= 11 is 0. The number of aromatic nitrogens is 3. The molecule has 0 aliphatic rings. The van der Waals surface area contributed by atoms with E-state index < -0.39 is 0 Å². The molecule has 0 amide bonds. The standard InChI is InChI=1S/C15H22N6O/c1-11-5-6-12(7-13(11)22-4)8-17-15(16-2)18-9-14-19-10-20-21(14)3/h5-7,10H,8-9H2,1-4H3,(H2,16,17,18). The monoisotopic (exact) mass is 302 g/mol. The summed E-state index contributed by atoms with van der Waals surface area (Å²) in [6, 6.07) is 6.14. The molecule has 0 fully saturated rings. The van der Waals surface area contributed by atoms with Gasteiger partial charge in [0.05, 0.1) is 13.7 Å². The van der Waals surface area contributed by atoms with E-state index in [4.69, 9.17) is 4.74 Å². The Balaban J connectivity index is 1.90. The number of hydrogen-bond donors (Lipinski definition) is 2. The molecule has 2 aromatic rings. The van der Waals surface area contributed by atoms with E-state index in [1.54, 1.807) is 18.8 Å². The van der Waals surface area contributed by atoms with E-state index in [1.165, 1.54) is 6.33 Å². The van der Waals surface area contributed by atoms with Gasteiger partial charge >= 0.3 is 0 Å². The van der Waals surface area contributed by atoms with Crippen LogP contribution in [0.25, 0.3) is 0 Å². The molecule has 0 unspecified atom stereocenters. The zero-order valence-electron chi connectivity index (χ0n) is 13.4. The number of aryl methyl sites for hydroxylation is 2. The fraction of sp³-hybridized carbons (Fsp3) is 0.400. The molecule has 2 rings (SSSR count). The van der Waals surface area contributed by atoms with E-state index >= 15 is 0 Å². The molecule has 2 N–H and O–H groups in total. The minimum atomic E-state index is 0.563. The van der Waals surface area contributed by atoms with Crippen LogP contribution in [0.15, 0.2) is 29.5 Å². The quantitative estimate of drug-likeness (QED) is 0.636. The van der Waals surface area contributed by atoms with Crippen molar-refractivity contribution >= 4 is 5.96 Å². The highest BCUT2D eigenvalue weighted by molar-refractivity contribution is 5.79. The summed E-state index contributed by atoms with van der Waals surface area (Å²) in [6.07, 6.45) is 1.53. The zero-order chi connectivity index (χ0) is 15.9. The lowest BCUT2D eigenvalue weighted by atomic mass is 10.1. The lowest BCUT2D eigenvalue weighted by Crippen LogP contribution is -2.36. The average Bonchev–Trinajstić information content (AvgIpc) is 2.94. The van der Waals surface area contributed by atoms with E-state index in [0.29, 0.717) is 19.0 Å². The molecule has 118 valence electrons. The van der Waals surface area contributed by atoms with Crippen LogP contribution in [0, 0.1) is 6.92 Å². The SMILES string of the molecule is CN=C(NCc1ccc(C)c(OC)c1)NCc1ncnn1C. The van der Waals surface area contributed by atoms with Gasteiger partial charge in [-0.1, -0.05) is 12.1 Å². The van der Waals surface area contributed by atoms with Gasteiger partial charge in [0.2, 0.25) is 0 Å². The second-order valence-electron chi connectivity index (χ2n) is 4.88. The van der Waals surface area contributed by atoms with Crippen LogP contribution < -0.4 is 15.4 Å². The second-order valence-corrected chi connectivity index (χ2v) is 4.88. The Bertz CT molecular complexity index is 649. The molecule has 1 aromatic carbocycles. The fourth-order valence-electron chi connectivity index (χ4n) is 2.02. The predicted octanol–water partition coefficient (Wildman–Crippen LogP) is 0.997. The van der Waals surface area contributed by atoms with Crippen LogP contribution in [0.5, 0.6) is 5.75 Å². The number of benzene rings is 1. The number of guanidine groups is 1. The molecule has 0 saturated heterocycles. The first-order valence-corrected chi connectivity index (χ1v) is 7.05. The highest BCUT2D eigenvalue weighted by Crippen LogP contribution is 2.18. The van der Waals surface area contributed by atoms with Crippen LogP contribution in [0.4, 0.5) is 0 Å². The van der Waals surface area contributed by atoms with Crippen molar-refractivity contribution in [2.75, 3.05) is 14.2 Å². The van der Waals surface area contributed by atoms with Crippen LogP contribution in [0.1, 0.15) is 17.0 Å². The van der Waals surface area contributed by atoms with Gasteiger partial charge in [0, 0.05) is 20.6 Å². The van der Waals surface area contributed by atoms with Gasteiger partial charge in [-0.25, -0.2) is 4.98 Å². The van der Waals surface area contributed by atoms with E-state index in [-0.39, 0.29) is 0 Å². The molecule has 0 bridgehead atoms. The first kappa shape index (κ1) is 15.8. The van der Waals surface area contributed by atoms with E-state index in [9.17, 15) is 0 Å². The number of nitrogens with zero attached hydrogens (tertiary/aromatic N) is 4. The molecule has 1 aromatic heterocycles. The van der Waals surface area contributed by atoms with Crippen LogP contribution in [-0.2, 0) is 20.1 Å². The summed E-state index contributed by atoms with van der Waals surface area (Å²) in [5.74, 6) is 2.45. The smallest absolute Gasteiger partial charge is 0.191 e. The van der Waals surface area contributed by atoms with Gasteiger partial charge in [0.25, 0.3) is 0 Å². The zero-order valence-corrected chi connectivity index (χ0v) is 13.4. The largest absolute Gasteiger partial charge is 0.496 e. The van der Waals surface area contributed by atoms with Gasteiger partial charge in [-0.2, -0.15) is 5.10 Å². The maximum Gasteiger partial charge on any atom is 0.191 e. The number of rotatable bonds is 5. The maximum atomic E-state index is 5.34. The molecule has 7 nitrogen and oxygen atoms in total. The van der Waals surface area contributed by atoms with Crippen LogP contribution in [0.2, 0.25) is 0 Å². The van der Waals surface area contributed by atoms with Crippen molar-refractivity contribution in [2.24, 2.45) is 12.0 Å². The summed E-state index contributed by atoms with van der Waals surface area (Å²) in [6.45, 7) is 3.25. The molecule has 22 heavy (non-hydrogen) atoms. The molecule has 0 atom stereocenters. The van der Waals surface area contributed by atoms with Gasteiger partial charge in [-0.05, 0) is 24.1 Å². The summed E-state index contributed by atoms with van der Waals surface area (Å²) in [5.41, 5.74) is 2.25. The summed E-state index contributed by atoms with van der Waals surface area (Å²) in [4.78, 5) is 8.36. The Kier molecular flexibility index (Phi) is 5.35. The van der Waals surface area contributed by atoms with Crippen molar-refractivity contribution in [3.05, 3.63) is 41.5 Å². The number of nitrogens with one attached hydrogen (secondary N) is 2. The summed E-state index contributed by atoms with van der Waals surface area (Å²) in [7, 11) is 5.28. The van der Waals surface area contributed by atoms with Crippen molar-refractivity contribution in [3.8, 4) is 5.75 Å². The van der Waals surface area contributed by atoms with E-state index in [0.717, 1.165) is 22.7 Å². The maximum absolute atomic E-state index is 5.34. The van der Waals surface area contributed by atoms with E-state index in [1.807, 2.05) is 26.1 Å². The molecular formula is C15H22N6O. The van der Waals surface area contributed by atoms with Gasteiger partial charge in [0.15, 0.2) is 5.96 Å². The predicted molar refractivity (Wildman–Crippen MR) is 85.8 cm³/mol. The Morgan fingerprint density at radius 1 is 1.32 bits per heavy atom. The first-order chi connectivity index (χ1) is 10.6. The van der Waals surface area contributed by atoms with Crippen molar-refractivity contribution in [1.29, 1.82) is 0 Å². The lowest BCUT2D eigenvalue weighted by molar-refractivity contribution is 0.411. The fourth-order valence-corrected chi connectivity index (χ4v) is 2.02. The van der Waals surface area contributed by atoms with Crippen molar-refractivity contribution < 1.29 is 4.74 Å². The third kappa shape index (κ3) is 3.97. The number of hydrogen-bond acceptors (Lipinski definition) is 4. The normalized spacial score (nSPS) is 11.4. The number of ether oxygens (including phenoxy) is 1. The summed E-state index contributed by atoms with van der Waals surface area (Å²) < 4.78 is 7.06.